The van der Waals surface area contributed by atoms with Gasteiger partial charge in [0.15, 0.2) is 5.65 Å². The van der Waals surface area contributed by atoms with Crippen LogP contribution in [-0.2, 0) is 0 Å². The third-order valence-electron chi connectivity index (χ3n) is 4.31. The van der Waals surface area contributed by atoms with Crippen molar-refractivity contribution < 1.29 is 0 Å². The number of fused-ring (bicyclic) bond motifs is 2. The van der Waals surface area contributed by atoms with Crippen LogP contribution in [0.4, 0.5) is 5.82 Å². The van der Waals surface area contributed by atoms with Crippen LogP contribution in [0.25, 0.3) is 22.2 Å². The smallest absolute Gasteiger partial charge is 0.162 e. The fraction of sp³-hybridized carbons (Fsp3) is 0.105. The molecule has 0 unspecified atom stereocenters. The molecule has 2 aromatic heterocycles. The van der Waals surface area contributed by atoms with Crippen molar-refractivity contribution in [2.45, 2.75) is 13.0 Å². The van der Waals surface area contributed by atoms with E-state index in [9.17, 15) is 5.26 Å². The molecule has 0 bridgehead atoms. The first-order chi connectivity index (χ1) is 11.7. The van der Waals surface area contributed by atoms with E-state index in [4.69, 9.17) is 10.7 Å². The fourth-order valence-corrected chi connectivity index (χ4v) is 3.07. The minimum atomic E-state index is -0.0498. The van der Waals surface area contributed by atoms with E-state index in [1.807, 2.05) is 66.1 Å². The molecule has 1 atom stereocenters. The summed E-state index contributed by atoms with van der Waals surface area (Å²) in [5, 5.41) is 9.54. The number of hydrogen-bond acceptors (Lipinski definition) is 4. The molecule has 2 N–H and O–H groups in total. The van der Waals surface area contributed by atoms with Crippen LogP contribution in [0.1, 0.15) is 24.1 Å². The van der Waals surface area contributed by atoms with Gasteiger partial charge in [-0.3, -0.25) is 0 Å². The van der Waals surface area contributed by atoms with Gasteiger partial charge in [0.05, 0.1) is 17.1 Å². The highest BCUT2D eigenvalue weighted by molar-refractivity contribution is 5.92. The van der Waals surface area contributed by atoms with Crippen molar-refractivity contribution in [3.8, 4) is 6.07 Å². The first kappa shape index (κ1) is 14.2. The lowest BCUT2D eigenvalue weighted by Gasteiger charge is -2.17. The third-order valence-corrected chi connectivity index (χ3v) is 4.31. The Morgan fingerprint density at radius 2 is 1.62 bits per heavy atom. The van der Waals surface area contributed by atoms with E-state index >= 15 is 0 Å². The Morgan fingerprint density at radius 3 is 2.29 bits per heavy atom. The molecule has 0 aliphatic heterocycles. The van der Waals surface area contributed by atoms with Crippen molar-refractivity contribution in [2.24, 2.45) is 0 Å². The van der Waals surface area contributed by atoms with Crippen molar-refractivity contribution in [1.82, 2.24) is 14.5 Å². The highest BCUT2D eigenvalue weighted by Gasteiger charge is 2.22. The largest absolute Gasteiger partial charge is 0.384 e. The van der Waals surface area contributed by atoms with E-state index < -0.39 is 0 Å². The number of benzene rings is 2. The lowest BCUT2D eigenvalue weighted by atomic mass is 10.1. The van der Waals surface area contributed by atoms with Crippen molar-refractivity contribution in [3.63, 3.8) is 0 Å². The average molecular weight is 313 g/mol. The van der Waals surface area contributed by atoms with E-state index in [-0.39, 0.29) is 6.04 Å². The zero-order valence-electron chi connectivity index (χ0n) is 13.1. The SMILES string of the molecule is C[C@H](c1ccccc1)n1c(N)c(C#N)c2nc3ccccc3nc21. The van der Waals surface area contributed by atoms with Gasteiger partial charge in [-0.15, -0.1) is 0 Å². The summed E-state index contributed by atoms with van der Waals surface area (Å²) in [6, 6.07) is 19.8. The van der Waals surface area contributed by atoms with Crippen LogP contribution >= 0.6 is 0 Å². The second-order valence-electron chi connectivity index (χ2n) is 5.71. The van der Waals surface area contributed by atoms with Crippen molar-refractivity contribution in [3.05, 3.63) is 65.7 Å². The molecule has 116 valence electrons. The molecule has 0 saturated carbocycles. The molecule has 24 heavy (non-hydrogen) atoms. The number of nitrogen functional groups attached to an aromatic ring is 1. The Bertz CT molecular complexity index is 1090. The van der Waals surface area contributed by atoms with Gasteiger partial charge in [0, 0.05) is 0 Å². The predicted octanol–water partition coefficient (Wildman–Crippen LogP) is 3.65. The van der Waals surface area contributed by atoms with Gasteiger partial charge in [0.2, 0.25) is 0 Å². The maximum absolute atomic E-state index is 9.54. The number of rotatable bonds is 2. The summed E-state index contributed by atoms with van der Waals surface area (Å²) < 4.78 is 1.89. The Kier molecular flexibility index (Phi) is 3.17. The van der Waals surface area contributed by atoms with Crippen molar-refractivity contribution in [1.29, 1.82) is 5.26 Å². The summed E-state index contributed by atoms with van der Waals surface area (Å²) in [5.41, 5.74) is 10.5. The maximum Gasteiger partial charge on any atom is 0.162 e. The summed E-state index contributed by atoms with van der Waals surface area (Å²) in [5.74, 6) is 0.402. The van der Waals surface area contributed by atoms with Crippen LogP contribution in [0.5, 0.6) is 0 Å². The van der Waals surface area contributed by atoms with Crippen LogP contribution in [0.2, 0.25) is 0 Å². The Hall–Kier alpha value is -3.39. The lowest BCUT2D eigenvalue weighted by molar-refractivity contribution is 0.667. The average Bonchev–Trinajstić information content (AvgIpc) is 2.90. The molecule has 0 saturated heterocycles. The summed E-state index contributed by atoms with van der Waals surface area (Å²) in [6.07, 6.45) is 0. The molecule has 4 rings (SSSR count). The van der Waals surface area contributed by atoms with Crippen LogP contribution in [0.3, 0.4) is 0 Å². The normalized spacial score (nSPS) is 12.3. The summed E-state index contributed by atoms with van der Waals surface area (Å²) in [6.45, 7) is 2.04. The van der Waals surface area contributed by atoms with Crippen LogP contribution < -0.4 is 5.73 Å². The zero-order chi connectivity index (χ0) is 16.7. The predicted molar refractivity (Wildman–Crippen MR) is 94.4 cm³/mol. The van der Waals surface area contributed by atoms with E-state index in [0.29, 0.717) is 22.5 Å². The van der Waals surface area contributed by atoms with Gasteiger partial charge in [0.1, 0.15) is 23.0 Å². The Morgan fingerprint density at radius 1 is 1.00 bits per heavy atom. The van der Waals surface area contributed by atoms with E-state index in [0.717, 1.165) is 16.6 Å². The van der Waals surface area contributed by atoms with Crippen molar-refractivity contribution >= 4 is 28.0 Å². The highest BCUT2D eigenvalue weighted by atomic mass is 15.1. The number of para-hydroxylation sites is 2. The van der Waals surface area contributed by atoms with Gasteiger partial charge in [0.25, 0.3) is 0 Å². The molecule has 5 nitrogen and oxygen atoms in total. The number of aromatic nitrogens is 3. The molecule has 0 fully saturated rings. The first-order valence-electron chi connectivity index (χ1n) is 7.72. The van der Waals surface area contributed by atoms with Crippen LogP contribution in [0, 0.1) is 11.3 Å². The molecule has 0 radical (unpaired) electrons. The zero-order valence-corrected chi connectivity index (χ0v) is 13.1. The molecule has 0 aliphatic rings. The quantitative estimate of drug-likeness (QED) is 0.612. The topological polar surface area (TPSA) is 80.5 Å². The summed E-state index contributed by atoms with van der Waals surface area (Å²) >= 11 is 0. The van der Waals surface area contributed by atoms with Gasteiger partial charge < -0.3 is 10.3 Å². The molecule has 0 aliphatic carbocycles. The van der Waals surface area contributed by atoms with E-state index in [1.54, 1.807) is 0 Å². The van der Waals surface area contributed by atoms with Crippen molar-refractivity contribution in [2.75, 3.05) is 5.73 Å². The molecule has 0 spiro atoms. The van der Waals surface area contributed by atoms with E-state index in [1.165, 1.54) is 0 Å². The van der Waals surface area contributed by atoms with Gasteiger partial charge >= 0.3 is 0 Å². The first-order valence-corrected chi connectivity index (χ1v) is 7.72. The number of anilines is 1. The molecule has 0 amide bonds. The molecule has 2 heterocycles. The molecular weight excluding hydrogens is 298 g/mol. The fourth-order valence-electron chi connectivity index (χ4n) is 3.07. The highest BCUT2D eigenvalue weighted by Crippen LogP contribution is 2.32. The van der Waals surface area contributed by atoms with Crippen LogP contribution in [-0.4, -0.2) is 14.5 Å². The molecular formula is C19H15N5. The maximum atomic E-state index is 9.54. The minimum Gasteiger partial charge on any atom is -0.384 e. The molecule has 2 aromatic carbocycles. The lowest BCUT2D eigenvalue weighted by Crippen LogP contribution is -2.10. The van der Waals surface area contributed by atoms with Gasteiger partial charge in [-0.25, -0.2) is 9.97 Å². The Balaban J connectivity index is 2.06. The standard InChI is InChI=1S/C19H15N5/c1-12(13-7-3-2-4-8-13)24-18(21)14(11-20)17-19(24)23-16-10-6-5-9-15(16)22-17/h2-10,12H,21H2,1H3/t12-/m1/s1. The Labute approximate surface area is 139 Å². The van der Waals surface area contributed by atoms with Gasteiger partial charge in [-0.1, -0.05) is 42.5 Å². The third kappa shape index (κ3) is 2.01. The number of nitrogens with zero attached hydrogens (tertiary/aromatic N) is 4. The van der Waals surface area contributed by atoms with Gasteiger partial charge in [-0.05, 0) is 24.6 Å². The number of hydrogen-bond donors (Lipinski definition) is 1. The van der Waals surface area contributed by atoms with Crippen LogP contribution in [0.15, 0.2) is 54.6 Å². The minimum absolute atomic E-state index is 0.0498. The van der Waals surface area contributed by atoms with E-state index in [2.05, 4.69) is 11.1 Å². The summed E-state index contributed by atoms with van der Waals surface area (Å²) in [7, 11) is 0. The number of nitriles is 1. The summed E-state index contributed by atoms with van der Waals surface area (Å²) in [4.78, 5) is 9.34. The monoisotopic (exact) mass is 313 g/mol. The number of nitrogens with two attached hydrogens (primary N) is 1. The molecule has 4 aromatic rings. The van der Waals surface area contributed by atoms with Gasteiger partial charge in [-0.2, -0.15) is 5.26 Å². The molecule has 5 heteroatoms. The second kappa shape index (κ2) is 5.36. The second-order valence-corrected chi connectivity index (χ2v) is 5.71.